The number of nitrogens with one attached hydrogen (secondary N) is 1. The van der Waals surface area contributed by atoms with Gasteiger partial charge in [-0.15, -0.1) is 12.3 Å². The third-order valence-electron chi connectivity index (χ3n) is 1.66. The van der Waals surface area contributed by atoms with Gasteiger partial charge in [-0.05, 0) is 7.05 Å². The highest BCUT2D eigenvalue weighted by molar-refractivity contribution is 5.06. The third kappa shape index (κ3) is 1.86. The molecule has 0 saturated carbocycles. The fourth-order valence-electron chi connectivity index (χ4n) is 1.01. The van der Waals surface area contributed by atoms with E-state index in [2.05, 4.69) is 16.2 Å². The van der Waals surface area contributed by atoms with Crippen molar-refractivity contribution in [3.8, 4) is 12.3 Å². The number of nitrogens with zero attached hydrogens (tertiary/aromatic N) is 1. The maximum Gasteiger partial charge on any atom is 0.191 e. The Morgan fingerprint density at radius 1 is 1.83 bits per heavy atom. The lowest BCUT2D eigenvalue weighted by Gasteiger charge is -2.07. The van der Waals surface area contributed by atoms with Crippen LogP contribution in [-0.4, -0.2) is 12.0 Å². The first-order valence-electron chi connectivity index (χ1n) is 3.80. The van der Waals surface area contributed by atoms with Crippen LogP contribution in [0.3, 0.4) is 0 Å². The summed E-state index contributed by atoms with van der Waals surface area (Å²) in [6.07, 6.45) is 7.46. The highest BCUT2D eigenvalue weighted by atomic mass is 16.3. The Labute approximate surface area is 72.2 Å². The van der Waals surface area contributed by atoms with Crippen molar-refractivity contribution >= 4 is 0 Å². The number of terminal acetylenes is 1. The first-order valence-corrected chi connectivity index (χ1v) is 3.80. The Bertz CT molecular complexity index is 285. The second kappa shape index (κ2) is 3.93. The summed E-state index contributed by atoms with van der Waals surface area (Å²) in [6, 6.07) is 0.104. The number of rotatable bonds is 3. The quantitative estimate of drug-likeness (QED) is 0.683. The molecule has 0 radical (unpaired) electrons. The van der Waals surface area contributed by atoms with Gasteiger partial charge in [0.1, 0.15) is 6.26 Å². The van der Waals surface area contributed by atoms with Gasteiger partial charge in [-0.25, -0.2) is 4.98 Å². The first kappa shape index (κ1) is 8.82. The smallest absolute Gasteiger partial charge is 0.191 e. The summed E-state index contributed by atoms with van der Waals surface area (Å²) in [4.78, 5) is 4.18. The van der Waals surface area contributed by atoms with Gasteiger partial charge < -0.3 is 9.73 Å². The lowest BCUT2D eigenvalue weighted by molar-refractivity contribution is 0.517. The minimum absolute atomic E-state index is 0.104. The molecule has 0 fully saturated rings. The van der Waals surface area contributed by atoms with E-state index in [1.165, 1.54) is 0 Å². The molecule has 0 aliphatic carbocycles. The Morgan fingerprint density at radius 2 is 2.58 bits per heavy atom. The van der Waals surface area contributed by atoms with Crippen molar-refractivity contribution in [2.45, 2.75) is 19.4 Å². The van der Waals surface area contributed by atoms with E-state index in [-0.39, 0.29) is 6.04 Å². The zero-order valence-corrected chi connectivity index (χ0v) is 7.29. The van der Waals surface area contributed by atoms with Crippen molar-refractivity contribution in [2.75, 3.05) is 7.05 Å². The van der Waals surface area contributed by atoms with Crippen LogP contribution in [0.5, 0.6) is 0 Å². The number of hydrogen-bond acceptors (Lipinski definition) is 3. The van der Waals surface area contributed by atoms with Gasteiger partial charge in [-0.3, -0.25) is 0 Å². The molecule has 1 N–H and O–H groups in total. The standard InChI is InChI=1S/C9H12N2O/c1-4-5-8(10-3)9-6-12-7(2)11-9/h1,6,8,10H,5H2,2-3H3. The van der Waals surface area contributed by atoms with Crippen molar-refractivity contribution in [3.05, 3.63) is 17.8 Å². The molecule has 12 heavy (non-hydrogen) atoms. The van der Waals surface area contributed by atoms with Crippen LogP contribution >= 0.6 is 0 Å². The van der Waals surface area contributed by atoms with Gasteiger partial charge in [0, 0.05) is 13.3 Å². The van der Waals surface area contributed by atoms with Gasteiger partial charge in [0.25, 0.3) is 0 Å². The molecular weight excluding hydrogens is 152 g/mol. The minimum atomic E-state index is 0.104. The second-order valence-electron chi connectivity index (χ2n) is 2.54. The predicted molar refractivity (Wildman–Crippen MR) is 46.5 cm³/mol. The summed E-state index contributed by atoms with van der Waals surface area (Å²) in [7, 11) is 1.85. The van der Waals surface area contributed by atoms with Crippen LogP contribution < -0.4 is 5.32 Å². The van der Waals surface area contributed by atoms with Crippen LogP contribution in [0.1, 0.15) is 24.0 Å². The molecule has 0 saturated heterocycles. The summed E-state index contributed by atoms with van der Waals surface area (Å²) < 4.78 is 5.07. The molecule has 1 aromatic rings. The van der Waals surface area contributed by atoms with Gasteiger partial charge in [0.2, 0.25) is 0 Å². The van der Waals surface area contributed by atoms with Gasteiger partial charge >= 0.3 is 0 Å². The molecule has 0 bridgehead atoms. The van der Waals surface area contributed by atoms with Crippen molar-refractivity contribution in [1.29, 1.82) is 0 Å². The monoisotopic (exact) mass is 164 g/mol. The van der Waals surface area contributed by atoms with Crippen molar-refractivity contribution in [3.63, 3.8) is 0 Å². The average molecular weight is 164 g/mol. The zero-order chi connectivity index (χ0) is 8.97. The van der Waals surface area contributed by atoms with Gasteiger partial charge in [0.05, 0.1) is 11.7 Å². The average Bonchev–Trinajstić information content (AvgIpc) is 2.47. The number of aryl methyl sites for hydroxylation is 1. The van der Waals surface area contributed by atoms with Crippen LogP contribution in [0.2, 0.25) is 0 Å². The highest BCUT2D eigenvalue weighted by Gasteiger charge is 2.11. The molecule has 0 aliphatic rings. The van der Waals surface area contributed by atoms with Gasteiger partial charge in [-0.1, -0.05) is 0 Å². The summed E-state index contributed by atoms with van der Waals surface area (Å²) in [5.41, 5.74) is 0.868. The molecule has 3 nitrogen and oxygen atoms in total. The van der Waals surface area contributed by atoms with Crippen LogP contribution in [0.4, 0.5) is 0 Å². The minimum Gasteiger partial charge on any atom is -0.449 e. The Balaban J connectivity index is 2.74. The Kier molecular flexibility index (Phi) is 2.89. The van der Waals surface area contributed by atoms with E-state index in [9.17, 15) is 0 Å². The normalized spacial score (nSPS) is 12.4. The summed E-state index contributed by atoms with van der Waals surface area (Å²) >= 11 is 0. The van der Waals surface area contributed by atoms with E-state index in [1.807, 2.05) is 14.0 Å². The Morgan fingerprint density at radius 3 is 3.00 bits per heavy atom. The van der Waals surface area contributed by atoms with Gasteiger partial charge in [-0.2, -0.15) is 0 Å². The number of oxazole rings is 1. The molecule has 0 spiro atoms. The maximum atomic E-state index is 5.20. The maximum absolute atomic E-state index is 5.20. The van der Waals surface area contributed by atoms with E-state index in [0.717, 1.165) is 5.69 Å². The SMILES string of the molecule is C#CCC(NC)c1coc(C)n1. The van der Waals surface area contributed by atoms with Crippen molar-refractivity contribution in [1.82, 2.24) is 10.3 Å². The lowest BCUT2D eigenvalue weighted by Crippen LogP contribution is -2.15. The Hall–Kier alpha value is -1.27. The molecule has 0 aromatic carbocycles. The fraction of sp³-hybridized carbons (Fsp3) is 0.444. The third-order valence-corrected chi connectivity index (χ3v) is 1.66. The second-order valence-corrected chi connectivity index (χ2v) is 2.54. The number of hydrogen-bond donors (Lipinski definition) is 1. The van der Waals surface area contributed by atoms with E-state index in [0.29, 0.717) is 12.3 Å². The largest absolute Gasteiger partial charge is 0.449 e. The van der Waals surface area contributed by atoms with Crippen molar-refractivity contribution in [2.24, 2.45) is 0 Å². The highest BCUT2D eigenvalue weighted by Crippen LogP contribution is 2.14. The summed E-state index contributed by atoms with van der Waals surface area (Å²) in [5, 5.41) is 3.07. The van der Waals surface area contributed by atoms with Crippen LogP contribution in [0.15, 0.2) is 10.7 Å². The van der Waals surface area contributed by atoms with E-state index in [1.54, 1.807) is 6.26 Å². The predicted octanol–water partition coefficient (Wildman–Crippen LogP) is 1.27. The fourth-order valence-corrected chi connectivity index (χ4v) is 1.01. The molecule has 1 aromatic heterocycles. The molecule has 3 heteroatoms. The molecule has 0 aliphatic heterocycles. The number of aromatic nitrogens is 1. The molecular formula is C9H12N2O. The van der Waals surface area contributed by atoms with E-state index >= 15 is 0 Å². The summed E-state index contributed by atoms with van der Waals surface area (Å²) in [6.45, 7) is 1.81. The first-order chi connectivity index (χ1) is 5.77. The van der Waals surface area contributed by atoms with Crippen molar-refractivity contribution < 1.29 is 4.42 Å². The topological polar surface area (TPSA) is 38.1 Å². The summed E-state index contributed by atoms with van der Waals surface area (Å²) in [5.74, 6) is 3.25. The van der Waals surface area contributed by atoms with Crippen LogP contribution in [-0.2, 0) is 0 Å². The molecule has 64 valence electrons. The molecule has 1 rings (SSSR count). The molecule has 0 amide bonds. The van der Waals surface area contributed by atoms with E-state index in [4.69, 9.17) is 10.8 Å². The van der Waals surface area contributed by atoms with Gasteiger partial charge in [0.15, 0.2) is 5.89 Å². The molecule has 1 unspecified atom stereocenters. The lowest BCUT2D eigenvalue weighted by atomic mass is 10.1. The van der Waals surface area contributed by atoms with Crippen LogP contribution in [0, 0.1) is 19.3 Å². The zero-order valence-electron chi connectivity index (χ0n) is 7.29. The molecule has 1 atom stereocenters. The van der Waals surface area contributed by atoms with E-state index < -0.39 is 0 Å². The van der Waals surface area contributed by atoms with Crippen LogP contribution in [0.25, 0.3) is 0 Å². The molecule has 1 heterocycles.